The summed E-state index contributed by atoms with van der Waals surface area (Å²) in [6, 6.07) is 15.5. The van der Waals surface area contributed by atoms with Gasteiger partial charge in [0.25, 0.3) is 0 Å². The van der Waals surface area contributed by atoms with Gasteiger partial charge in [-0.25, -0.2) is 4.79 Å². The monoisotopic (exact) mass is 491 g/mol. The molecule has 3 heterocycles. The van der Waals surface area contributed by atoms with Crippen LogP contribution >= 0.6 is 0 Å². The summed E-state index contributed by atoms with van der Waals surface area (Å²) < 4.78 is 12.7. The number of furan rings is 1. The Labute approximate surface area is 211 Å². The minimum absolute atomic E-state index is 0.184. The summed E-state index contributed by atoms with van der Waals surface area (Å²) >= 11 is 0. The van der Waals surface area contributed by atoms with E-state index in [0.29, 0.717) is 43.8 Å². The molecular weight excluding hydrogens is 458 g/mol. The van der Waals surface area contributed by atoms with E-state index in [4.69, 9.17) is 9.15 Å². The van der Waals surface area contributed by atoms with E-state index in [-0.39, 0.29) is 30.3 Å². The second kappa shape index (κ2) is 11.7. The number of urea groups is 1. The summed E-state index contributed by atoms with van der Waals surface area (Å²) in [4.78, 5) is 39.5. The van der Waals surface area contributed by atoms with Gasteiger partial charge in [0.15, 0.2) is 6.61 Å². The van der Waals surface area contributed by atoms with Crippen molar-refractivity contribution in [1.29, 1.82) is 0 Å². The maximum atomic E-state index is 12.8. The molecule has 2 amide bonds. The topological polar surface area (TPSA) is 93.8 Å². The summed E-state index contributed by atoms with van der Waals surface area (Å²) in [5, 5.41) is 2.82. The van der Waals surface area contributed by atoms with Crippen LogP contribution in [-0.2, 0) is 29.0 Å². The van der Waals surface area contributed by atoms with E-state index in [2.05, 4.69) is 22.0 Å². The molecule has 36 heavy (non-hydrogen) atoms. The molecule has 3 aromatic rings. The van der Waals surface area contributed by atoms with Crippen molar-refractivity contribution in [2.75, 3.05) is 19.7 Å². The molecule has 0 saturated carbocycles. The van der Waals surface area contributed by atoms with Gasteiger partial charge in [0.05, 0.1) is 18.7 Å². The van der Waals surface area contributed by atoms with Gasteiger partial charge in [-0.05, 0) is 56.9 Å². The molecule has 190 valence electrons. The Kier molecular flexibility index (Phi) is 8.25. The van der Waals surface area contributed by atoms with Crippen LogP contribution in [0.5, 0.6) is 0 Å². The van der Waals surface area contributed by atoms with Crippen LogP contribution < -0.4 is 5.32 Å². The molecule has 4 rings (SSSR count). The van der Waals surface area contributed by atoms with Crippen LogP contribution in [0.4, 0.5) is 4.79 Å². The third-order valence-corrected chi connectivity index (χ3v) is 6.80. The number of amides is 2. The number of aryl methyl sites for hydroxylation is 2. The minimum atomic E-state index is -0.378. The van der Waals surface area contributed by atoms with Gasteiger partial charge in [0.1, 0.15) is 5.76 Å². The zero-order chi connectivity index (χ0) is 25.5. The predicted octanol–water partition coefficient (Wildman–Crippen LogP) is 4.29. The van der Waals surface area contributed by atoms with Crippen molar-refractivity contribution in [3.63, 3.8) is 0 Å². The zero-order valence-corrected chi connectivity index (χ0v) is 20.9. The highest BCUT2D eigenvalue weighted by atomic mass is 16.5. The highest BCUT2D eigenvalue weighted by Crippen LogP contribution is 2.20. The van der Waals surface area contributed by atoms with E-state index >= 15 is 0 Å². The molecule has 1 fully saturated rings. The first-order chi connectivity index (χ1) is 17.4. The Bertz CT molecular complexity index is 1180. The van der Waals surface area contributed by atoms with Crippen molar-refractivity contribution >= 4 is 17.8 Å². The molecule has 1 aliphatic rings. The number of nitrogens with one attached hydrogen (secondary N) is 1. The number of benzene rings is 1. The van der Waals surface area contributed by atoms with Crippen LogP contribution in [0, 0.1) is 19.8 Å². The van der Waals surface area contributed by atoms with E-state index in [9.17, 15) is 14.4 Å². The van der Waals surface area contributed by atoms with E-state index in [0.717, 1.165) is 24.4 Å². The number of hydrogen-bond donors (Lipinski definition) is 1. The average molecular weight is 492 g/mol. The number of nitrogens with zero attached hydrogens (tertiary/aromatic N) is 2. The zero-order valence-electron chi connectivity index (χ0n) is 20.9. The summed E-state index contributed by atoms with van der Waals surface area (Å²) in [6.07, 6.45) is 3.46. The number of likely N-dealkylation sites (tertiary alicyclic amines) is 1. The number of ketones is 1. The predicted molar refractivity (Wildman–Crippen MR) is 135 cm³/mol. The number of Topliss-reactive ketones (excluding diaryl/α,β-unsaturated/α-hetero) is 1. The van der Waals surface area contributed by atoms with Gasteiger partial charge in [-0.2, -0.15) is 0 Å². The lowest BCUT2D eigenvalue weighted by Crippen LogP contribution is -2.45. The van der Waals surface area contributed by atoms with Crippen molar-refractivity contribution in [1.82, 2.24) is 14.8 Å². The molecule has 8 heteroatoms. The lowest BCUT2D eigenvalue weighted by Gasteiger charge is -2.30. The van der Waals surface area contributed by atoms with Crippen molar-refractivity contribution in [3.8, 4) is 0 Å². The molecule has 0 atom stereocenters. The molecule has 0 bridgehead atoms. The van der Waals surface area contributed by atoms with Gasteiger partial charge in [0, 0.05) is 36.6 Å². The number of esters is 1. The lowest BCUT2D eigenvalue weighted by molar-refractivity contribution is -0.148. The fraction of sp³-hybridized carbons (Fsp3) is 0.393. The van der Waals surface area contributed by atoms with Crippen LogP contribution in [0.3, 0.4) is 0 Å². The normalized spacial score (nSPS) is 14.0. The van der Waals surface area contributed by atoms with Crippen LogP contribution in [-0.4, -0.2) is 46.9 Å². The number of rotatable bonds is 9. The first-order valence-corrected chi connectivity index (χ1v) is 12.4. The standard InChI is InChI=1S/C28H33N3O5/c1-20-17-25(21(2)31(20)15-10-22-7-4-3-5-8-22)26(32)19-36-27(33)23-11-13-30(14-12-23)28(34)29-18-24-9-6-16-35-24/h3-9,16-17,23H,10-15,18-19H2,1-2H3,(H,29,34). The molecule has 0 aliphatic carbocycles. The van der Waals surface area contributed by atoms with Gasteiger partial charge in [-0.3, -0.25) is 9.59 Å². The maximum Gasteiger partial charge on any atom is 0.317 e. The molecule has 0 radical (unpaired) electrons. The first kappa shape index (κ1) is 25.3. The van der Waals surface area contributed by atoms with E-state index in [1.807, 2.05) is 38.1 Å². The quantitative estimate of drug-likeness (QED) is 0.356. The van der Waals surface area contributed by atoms with E-state index in [1.54, 1.807) is 23.3 Å². The van der Waals surface area contributed by atoms with Crippen LogP contribution in [0.1, 0.15) is 45.9 Å². The number of aromatic nitrogens is 1. The Morgan fingerprint density at radius 2 is 1.81 bits per heavy atom. The Morgan fingerprint density at radius 3 is 2.50 bits per heavy atom. The van der Waals surface area contributed by atoms with Gasteiger partial charge >= 0.3 is 12.0 Å². The second-order valence-electron chi connectivity index (χ2n) is 9.20. The van der Waals surface area contributed by atoms with Crippen LogP contribution in [0.15, 0.2) is 59.2 Å². The van der Waals surface area contributed by atoms with Crippen molar-refractivity contribution in [2.45, 2.75) is 46.2 Å². The second-order valence-corrected chi connectivity index (χ2v) is 9.20. The number of piperidine rings is 1. The van der Waals surface area contributed by atoms with Gasteiger partial charge in [-0.1, -0.05) is 30.3 Å². The van der Waals surface area contributed by atoms with Crippen LogP contribution in [0.2, 0.25) is 0 Å². The first-order valence-electron chi connectivity index (χ1n) is 12.4. The van der Waals surface area contributed by atoms with E-state index < -0.39 is 0 Å². The lowest BCUT2D eigenvalue weighted by atomic mass is 9.97. The molecule has 1 N–H and O–H groups in total. The molecule has 0 unspecified atom stereocenters. The fourth-order valence-corrected chi connectivity index (χ4v) is 4.65. The van der Waals surface area contributed by atoms with Gasteiger partial charge in [-0.15, -0.1) is 0 Å². The number of hydrogen-bond acceptors (Lipinski definition) is 5. The maximum absolute atomic E-state index is 12.8. The van der Waals surface area contributed by atoms with Gasteiger partial charge < -0.3 is 23.9 Å². The van der Waals surface area contributed by atoms with Crippen molar-refractivity contribution < 1.29 is 23.5 Å². The summed E-state index contributed by atoms with van der Waals surface area (Å²) in [6.45, 7) is 5.66. The van der Waals surface area contributed by atoms with Gasteiger partial charge in [0.2, 0.25) is 5.78 Å². The molecular formula is C28H33N3O5. The molecule has 1 saturated heterocycles. The molecule has 1 aliphatic heterocycles. The number of carbonyl (C=O) groups excluding carboxylic acids is 3. The van der Waals surface area contributed by atoms with Crippen molar-refractivity contribution in [2.24, 2.45) is 5.92 Å². The number of carbonyl (C=O) groups is 3. The van der Waals surface area contributed by atoms with Crippen LogP contribution in [0.25, 0.3) is 0 Å². The minimum Gasteiger partial charge on any atom is -0.467 e. The third kappa shape index (κ3) is 6.24. The summed E-state index contributed by atoms with van der Waals surface area (Å²) in [7, 11) is 0. The number of ether oxygens (including phenoxy) is 1. The fourth-order valence-electron chi connectivity index (χ4n) is 4.65. The Hall–Kier alpha value is -3.81. The SMILES string of the molecule is Cc1cc(C(=O)COC(=O)C2CCN(C(=O)NCc3ccco3)CC2)c(C)n1CCc1ccccc1. The molecule has 2 aromatic heterocycles. The summed E-state index contributed by atoms with van der Waals surface area (Å²) in [5.74, 6) is -0.206. The average Bonchev–Trinajstić information content (AvgIpc) is 3.52. The molecule has 1 aromatic carbocycles. The smallest absolute Gasteiger partial charge is 0.317 e. The van der Waals surface area contributed by atoms with E-state index in [1.165, 1.54) is 5.56 Å². The third-order valence-electron chi connectivity index (χ3n) is 6.80. The Balaban J connectivity index is 1.22. The molecule has 8 nitrogen and oxygen atoms in total. The largest absolute Gasteiger partial charge is 0.467 e. The highest BCUT2D eigenvalue weighted by molar-refractivity contribution is 5.99. The Morgan fingerprint density at radius 1 is 1.06 bits per heavy atom. The summed E-state index contributed by atoms with van der Waals surface area (Å²) in [5.41, 5.74) is 3.73. The molecule has 0 spiro atoms. The van der Waals surface area contributed by atoms with Crippen molar-refractivity contribution in [3.05, 3.63) is 83.1 Å². The highest BCUT2D eigenvalue weighted by Gasteiger charge is 2.29.